The average Bonchev–Trinajstić information content (AvgIpc) is 2.88. The van der Waals surface area contributed by atoms with E-state index in [-0.39, 0.29) is 11.5 Å². The number of ether oxygens (including phenoxy) is 1. The van der Waals surface area contributed by atoms with Crippen molar-refractivity contribution in [2.24, 2.45) is 5.41 Å². The summed E-state index contributed by atoms with van der Waals surface area (Å²) >= 11 is 0. The van der Waals surface area contributed by atoms with E-state index >= 15 is 0 Å². The summed E-state index contributed by atoms with van der Waals surface area (Å²) in [5, 5.41) is 5.85. The van der Waals surface area contributed by atoms with Crippen LogP contribution in [0.5, 0.6) is 0 Å². The molecule has 108 valence electrons. The molecule has 1 aliphatic rings. The van der Waals surface area contributed by atoms with Gasteiger partial charge in [0.25, 0.3) is 0 Å². The van der Waals surface area contributed by atoms with Crippen LogP contribution in [0.25, 0.3) is 0 Å². The number of nitrogens with one attached hydrogen (secondary N) is 2. The molecule has 1 aromatic carbocycles. The van der Waals surface area contributed by atoms with Gasteiger partial charge in [0.1, 0.15) is 5.82 Å². The highest BCUT2D eigenvalue weighted by atomic mass is 19.1. The van der Waals surface area contributed by atoms with E-state index in [1.807, 2.05) is 6.92 Å². The number of amides is 1. The summed E-state index contributed by atoms with van der Waals surface area (Å²) in [5.41, 5.74) is -0.301. The molecule has 5 nitrogen and oxygen atoms in total. The number of carbonyl (C=O) groups is 2. The van der Waals surface area contributed by atoms with Crippen molar-refractivity contribution >= 4 is 17.6 Å². The third-order valence-corrected chi connectivity index (χ3v) is 3.55. The minimum atomic E-state index is -0.771. The molecule has 1 saturated heterocycles. The molecule has 1 atom stereocenters. The van der Waals surface area contributed by atoms with Crippen LogP contribution in [0.15, 0.2) is 18.2 Å². The Balaban J connectivity index is 2.17. The Kier molecular flexibility index (Phi) is 4.04. The Morgan fingerprint density at radius 2 is 2.20 bits per heavy atom. The second kappa shape index (κ2) is 5.58. The smallest absolute Gasteiger partial charge is 0.340 e. The predicted octanol–water partition coefficient (Wildman–Crippen LogP) is 1.55. The van der Waals surface area contributed by atoms with Crippen molar-refractivity contribution < 1.29 is 18.7 Å². The summed E-state index contributed by atoms with van der Waals surface area (Å²) in [6.45, 7) is 3.26. The first-order chi connectivity index (χ1) is 9.46. The van der Waals surface area contributed by atoms with Gasteiger partial charge in [-0.3, -0.25) is 4.79 Å². The van der Waals surface area contributed by atoms with Crippen LogP contribution in [0.4, 0.5) is 10.1 Å². The van der Waals surface area contributed by atoms with Crippen LogP contribution >= 0.6 is 0 Å². The Morgan fingerprint density at radius 1 is 1.45 bits per heavy atom. The number of methoxy groups -OCH3 is 1. The quantitative estimate of drug-likeness (QED) is 0.824. The van der Waals surface area contributed by atoms with Gasteiger partial charge in [-0.05, 0) is 38.1 Å². The maximum absolute atomic E-state index is 13.5. The second-order valence-corrected chi connectivity index (χ2v) is 5.13. The van der Waals surface area contributed by atoms with Gasteiger partial charge in [0.2, 0.25) is 5.91 Å². The maximum atomic E-state index is 13.5. The molecular formula is C14H17FN2O3. The highest BCUT2D eigenvalue weighted by molar-refractivity contribution is 5.97. The van der Waals surface area contributed by atoms with E-state index in [1.54, 1.807) is 0 Å². The maximum Gasteiger partial charge on any atom is 0.340 e. The summed E-state index contributed by atoms with van der Waals surface area (Å²) in [6, 6.07) is 3.84. The molecule has 0 radical (unpaired) electrons. The van der Waals surface area contributed by atoms with Gasteiger partial charge in [0.05, 0.1) is 18.1 Å². The lowest BCUT2D eigenvalue weighted by atomic mass is 9.88. The number of rotatable bonds is 3. The van der Waals surface area contributed by atoms with Crippen LogP contribution < -0.4 is 10.6 Å². The molecule has 2 N–H and O–H groups in total. The van der Waals surface area contributed by atoms with Gasteiger partial charge in [-0.15, -0.1) is 0 Å². The number of benzene rings is 1. The minimum Gasteiger partial charge on any atom is -0.465 e. The fourth-order valence-corrected chi connectivity index (χ4v) is 2.16. The highest BCUT2D eigenvalue weighted by Crippen LogP contribution is 2.27. The van der Waals surface area contributed by atoms with E-state index in [2.05, 4.69) is 15.4 Å². The van der Waals surface area contributed by atoms with Crippen molar-refractivity contribution in [3.05, 3.63) is 29.6 Å². The molecule has 1 aliphatic heterocycles. The first-order valence-electron chi connectivity index (χ1n) is 6.36. The Hall–Kier alpha value is -1.95. The van der Waals surface area contributed by atoms with Gasteiger partial charge in [-0.25, -0.2) is 9.18 Å². The van der Waals surface area contributed by atoms with Gasteiger partial charge in [-0.1, -0.05) is 0 Å². The number of hydrogen-bond acceptors (Lipinski definition) is 4. The van der Waals surface area contributed by atoms with Gasteiger partial charge >= 0.3 is 5.97 Å². The van der Waals surface area contributed by atoms with E-state index in [9.17, 15) is 14.0 Å². The molecule has 0 bridgehead atoms. The van der Waals surface area contributed by atoms with Gasteiger partial charge in [-0.2, -0.15) is 0 Å². The van der Waals surface area contributed by atoms with Gasteiger partial charge in [0.15, 0.2) is 0 Å². The Bertz CT molecular complexity index is 539. The monoisotopic (exact) mass is 280 g/mol. The number of esters is 1. The summed E-state index contributed by atoms with van der Waals surface area (Å²) in [6.07, 6.45) is 0.740. The summed E-state index contributed by atoms with van der Waals surface area (Å²) in [4.78, 5) is 23.6. The zero-order chi connectivity index (χ0) is 14.8. The summed E-state index contributed by atoms with van der Waals surface area (Å²) in [5.74, 6) is -1.60. The van der Waals surface area contributed by atoms with Crippen LogP contribution in [-0.4, -0.2) is 32.1 Å². The third-order valence-electron chi connectivity index (χ3n) is 3.55. The van der Waals surface area contributed by atoms with Crippen molar-refractivity contribution in [1.82, 2.24) is 5.32 Å². The van der Waals surface area contributed by atoms with E-state index in [0.717, 1.165) is 19.0 Å². The zero-order valence-electron chi connectivity index (χ0n) is 11.5. The molecule has 1 aromatic rings. The predicted molar refractivity (Wildman–Crippen MR) is 72.0 cm³/mol. The third kappa shape index (κ3) is 2.80. The average molecular weight is 280 g/mol. The van der Waals surface area contributed by atoms with Crippen molar-refractivity contribution in [1.29, 1.82) is 0 Å². The molecule has 1 fully saturated rings. The SMILES string of the molecule is COC(=O)c1cc(NC(=O)C2(C)CCNC2)ccc1F. The molecule has 1 heterocycles. The largest absolute Gasteiger partial charge is 0.465 e. The second-order valence-electron chi connectivity index (χ2n) is 5.13. The first-order valence-corrected chi connectivity index (χ1v) is 6.36. The van der Waals surface area contributed by atoms with Crippen LogP contribution in [0.1, 0.15) is 23.7 Å². The standard InChI is InChI=1S/C14H17FN2O3/c1-14(5-6-16-8-14)13(19)17-9-3-4-11(15)10(7-9)12(18)20-2/h3-4,7,16H,5-6,8H2,1-2H3,(H,17,19). The summed E-state index contributed by atoms with van der Waals surface area (Å²) < 4.78 is 18.0. The highest BCUT2D eigenvalue weighted by Gasteiger charge is 2.36. The first kappa shape index (κ1) is 14.5. The van der Waals surface area contributed by atoms with Crippen molar-refractivity contribution in [3.63, 3.8) is 0 Å². The van der Waals surface area contributed by atoms with Crippen LogP contribution in [0.2, 0.25) is 0 Å². The minimum absolute atomic E-state index is 0.148. The van der Waals surface area contributed by atoms with Crippen molar-refractivity contribution in [3.8, 4) is 0 Å². The van der Waals surface area contributed by atoms with E-state index in [4.69, 9.17) is 0 Å². The number of carbonyl (C=O) groups excluding carboxylic acids is 2. The lowest BCUT2D eigenvalue weighted by Gasteiger charge is -2.21. The molecule has 20 heavy (non-hydrogen) atoms. The fraction of sp³-hybridized carbons (Fsp3) is 0.429. The molecule has 1 amide bonds. The van der Waals surface area contributed by atoms with E-state index in [0.29, 0.717) is 12.2 Å². The molecule has 6 heteroatoms. The Labute approximate surface area is 116 Å². The molecule has 1 unspecified atom stereocenters. The zero-order valence-corrected chi connectivity index (χ0v) is 11.5. The lowest BCUT2D eigenvalue weighted by Crippen LogP contribution is -2.35. The normalized spacial score (nSPS) is 21.6. The molecule has 0 aromatic heterocycles. The number of halogens is 1. The van der Waals surface area contributed by atoms with Gasteiger partial charge < -0.3 is 15.4 Å². The van der Waals surface area contributed by atoms with Gasteiger partial charge in [0, 0.05) is 12.2 Å². The van der Waals surface area contributed by atoms with Crippen LogP contribution in [-0.2, 0) is 9.53 Å². The van der Waals surface area contributed by atoms with Crippen LogP contribution in [0.3, 0.4) is 0 Å². The van der Waals surface area contributed by atoms with Crippen molar-refractivity contribution in [2.75, 3.05) is 25.5 Å². The number of hydrogen-bond donors (Lipinski definition) is 2. The Morgan fingerprint density at radius 3 is 2.80 bits per heavy atom. The van der Waals surface area contributed by atoms with Crippen molar-refractivity contribution in [2.45, 2.75) is 13.3 Å². The molecule has 0 aliphatic carbocycles. The molecule has 0 spiro atoms. The van der Waals surface area contributed by atoms with E-state index in [1.165, 1.54) is 19.2 Å². The fourth-order valence-electron chi connectivity index (χ4n) is 2.16. The molecule has 0 saturated carbocycles. The lowest BCUT2D eigenvalue weighted by molar-refractivity contribution is -0.123. The molecular weight excluding hydrogens is 263 g/mol. The topological polar surface area (TPSA) is 67.4 Å². The summed E-state index contributed by atoms with van der Waals surface area (Å²) in [7, 11) is 1.18. The van der Waals surface area contributed by atoms with E-state index < -0.39 is 17.2 Å². The molecule has 2 rings (SSSR count). The number of anilines is 1. The van der Waals surface area contributed by atoms with Crippen LogP contribution in [0, 0.1) is 11.2 Å².